The second-order valence-corrected chi connectivity index (χ2v) is 7.83. The van der Waals surface area contributed by atoms with Crippen molar-refractivity contribution in [2.45, 2.75) is 51.1 Å². The molecule has 0 radical (unpaired) electrons. The quantitative estimate of drug-likeness (QED) is 0.808. The summed E-state index contributed by atoms with van der Waals surface area (Å²) < 4.78 is 27.9. The Morgan fingerprint density at radius 3 is 2.62 bits per heavy atom. The SMILES string of the molecule is CCNCc1cc(Cl)cc(S(=O)(=O)NC(C)C2CC2)c1C. The van der Waals surface area contributed by atoms with E-state index in [0.29, 0.717) is 17.5 Å². The molecule has 118 valence electrons. The van der Waals surface area contributed by atoms with Crippen LogP contribution in [-0.2, 0) is 16.6 Å². The van der Waals surface area contributed by atoms with E-state index in [1.807, 2.05) is 26.8 Å². The maximum absolute atomic E-state index is 12.6. The Balaban J connectivity index is 2.30. The average molecular weight is 331 g/mol. The Morgan fingerprint density at radius 2 is 2.05 bits per heavy atom. The maximum Gasteiger partial charge on any atom is 0.241 e. The van der Waals surface area contributed by atoms with Gasteiger partial charge < -0.3 is 5.32 Å². The van der Waals surface area contributed by atoms with Crippen molar-refractivity contribution >= 4 is 21.6 Å². The summed E-state index contributed by atoms with van der Waals surface area (Å²) >= 11 is 6.10. The summed E-state index contributed by atoms with van der Waals surface area (Å²) in [6.45, 7) is 7.21. The topological polar surface area (TPSA) is 58.2 Å². The van der Waals surface area contributed by atoms with E-state index in [4.69, 9.17) is 11.6 Å². The summed E-state index contributed by atoms with van der Waals surface area (Å²) in [6.07, 6.45) is 2.20. The van der Waals surface area contributed by atoms with Crippen LogP contribution in [0, 0.1) is 12.8 Å². The molecule has 1 fully saturated rings. The van der Waals surface area contributed by atoms with Gasteiger partial charge in [0.2, 0.25) is 10.0 Å². The molecule has 1 aromatic rings. The Bertz CT molecular complexity index is 612. The predicted molar refractivity (Wildman–Crippen MR) is 86.1 cm³/mol. The van der Waals surface area contributed by atoms with Gasteiger partial charge in [-0.2, -0.15) is 0 Å². The average Bonchev–Trinajstić information content (AvgIpc) is 3.23. The third-order valence-electron chi connectivity index (χ3n) is 3.96. The van der Waals surface area contributed by atoms with Crippen molar-refractivity contribution in [3.8, 4) is 0 Å². The molecule has 0 amide bonds. The lowest BCUT2D eigenvalue weighted by Gasteiger charge is -2.17. The zero-order chi connectivity index (χ0) is 15.6. The molecule has 1 atom stereocenters. The standard InChI is InChI=1S/C15H23ClN2O2S/c1-4-17-9-13-7-14(16)8-15(10(13)2)21(19,20)18-11(3)12-5-6-12/h7-8,11-12,17-18H,4-6,9H2,1-3H3. The minimum absolute atomic E-state index is 0.0226. The van der Waals surface area contributed by atoms with Crippen molar-refractivity contribution in [1.29, 1.82) is 0 Å². The first-order chi connectivity index (χ1) is 9.85. The van der Waals surface area contributed by atoms with E-state index < -0.39 is 10.0 Å². The molecule has 21 heavy (non-hydrogen) atoms. The van der Waals surface area contributed by atoms with Crippen LogP contribution < -0.4 is 10.0 Å². The normalized spacial score (nSPS) is 17.0. The zero-order valence-electron chi connectivity index (χ0n) is 12.7. The van der Waals surface area contributed by atoms with Crippen LogP contribution in [0.3, 0.4) is 0 Å². The number of benzene rings is 1. The van der Waals surface area contributed by atoms with Gasteiger partial charge in [-0.1, -0.05) is 18.5 Å². The Labute approximate surface area is 132 Å². The fraction of sp³-hybridized carbons (Fsp3) is 0.600. The van der Waals surface area contributed by atoms with Gasteiger partial charge in [-0.15, -0.1) is 0 Å². The third-order valence-corrected chi connectivity index (χ3v) is 5.86. The molecule has 0 spiro atoms. The highest BCUT2D eigenvalue weighted by molar-refractivity contribution is 7.89. The van der Waals surface area contributed by atoms with Crippen molar-refractivity contribution in [2.75, 3.05) is 6.54 Å². The second-order valence-electron chi connectivity index (χ2n) is 5.72. The van der Waals surface area contributed by atoms with Gasteiger partial charge in [0.25, 0.3) is 0 Å². The first-order valence-corrected chi connectivity index (χ1v) is 9.23. The predicted octanol–water partition coefficient (Wildman–Crippen LogP) is 2.83. The summed E-state index contributed by atoms with van der Waals surface area (Å²) in [5.41, 5.74) is 1.68. The van der Waals surface area contributed by atoms with Gasteiger partial charge in [-0.3, -0.25) is 0 Å². The second kappa shape index (κ2) is 6.65. The molecule has 4 nitrogen and oxygen atoms in total. The maximum atomic E-state index is 12.6. The Hall–Kier alpha value is -0.620. The highest BCUT2D eigenvalue weighted by Gasteiger charge is 2.32. The summed E-state index contributed by atoms with van der Waals surface area (Å²) in [7, 11) is -3.53. The molecule has 1 aromatic carbocycles. The molecular formula is C15H23ClN2O2S. The fourth-order valence-electron chi connectivity index (χ4n) is 2.43. The molecule has 0 saturated heterocycles. The lowest BCUT2D eigenvalue weighted by atomic mass is 10.1. The van der Waals surface area contributed by atoms with E-state index >= 15 is 0 Å². The molecule has 1 saturated carbocycles. The van der Waals surface area contributed by atoms with E-state index in [9.17, 15) is 8.42 Å². The molecule has 2 rings (SSSR count). The largest absolute Gasteiger partial charge is 0.313 e. The van der Waals surface area contributed by atoms with Gasteiger partial charge >= 0.3 is 0 Å². The molecular weight excluding hydrogens is 308 g/mol. The van der Waals surface area contributed by atoms with Crippen molar-refractivity contribution in [1.82, 2.24) is 10.0 Å². The lowest BCUT2D eigenvalue weighted by molar-refractivity contribution is 0.537. The van der Waals surface area contributed by atoms with Crippen LogP contribution in [0.2, 0.25) is 5.02 Å². The van der Waals surface area contributed by atoms with Gasteiger partial charge in [0.05, 0.1) is 4.90 Å². The van der Waals surface area contributed by atoms with Gasteiger partial charge in [-0.25, -0.2) is 13.1 Å². The van der Waals surface area contributed by atoms with E-state index in [1.54, 1.807) is 0 Å². The van der Waals surface area contributed by atoms with Gasteiger partial charge in [-0.05, 0) is 62.4 Å². The van der Waals surface area contributed by atoms with Crippen LogP contribution in [0.1, 0.15) is 37.8 Å². The van der Waals surface area contributed by atoms with Crippen LogP contribution >= 0.6 is 11.6 Å². The van der Waals surface area contributed by atoms with Crippen LogP contribution in [0.15, 0.2) is 17.0 Å². The Morgan fingerprint density at radius 1 is 1.38 bits per heavy atom. The van der Waals surface area contributed by atoms with Crippen molar-refractivity contribution in [3.63, 3.8) is 0 Å². The highest BCUT2D eigenvalue weighted by Crippen LogP contribution is 2.33. The first-order valence-electron chi connectivity index (χ1n) is 7.37. The number of rotatable bonds is 7. The number of hydrogen-bond donors (Lipinski definition) is 2. The molecule has 1 aliphatic rings. The molecule has 6 heteroatoms. The van der Waals surface area contributed by atoms with Crippen molar-refractivity contribution < 1.29 is 8.42 Å². The number of halogens is 1. The van der Waals surface area contributed by atoms with Gasteiger partial charge in [0.15, 0.2) is 0 Å². The summed E-state index contributed by atoms with van der Waals surface area (Å²) in [6, 6.07) is 3.34. The molecule has 0 aliphatic heterocycles. The van der Waals surface area contributed by atoms with Crippen LogP contribution in [0.4, 0.5) is 0 Å². The molecule has 1 aliphatic carbocycles. The number of hydrogen-bond acceptors (Lipinski definition) is 3. The van der Waals surface area contributed by atoms with Gasteiger partial charge in [0, 0.05) is 17.6 Å². The molecule has 0 bridgehead atoms. The number of nitrogens with one attached hydrogen (secondary N) is 2. The molecule has 2 N–H and O–H groups in total. The number of sulfonamides is 1. The summed E-state index contributed by atoms with van der Waals surface area (Å²) in [5, 5.41) is 3.66. The van der Waals surface area contributed by atoms with Crippen molar-refractivity contribution in [2.24, 2.45) is 5.92 Å². The van der Waals surface area contributed by atoms with Gasteiger partial charge in [0.1, 0.15) is 0 Å². The van der Waals surface area contributed by atoms with E-state index in [2.05, 4.69) is 10.0 Å². The zero-order valence-corrected chi connectivity index (χ0v) is 14.3. The monoisotopic (exact) mass is 330 g/mol. The van der Waals surface area contributed by atoms with E-state index in [-0.39, 0.29) is 10.9 Å². The van der Waals surface area contributed by atoms with Crippen LogP contribution in [0.5, 0.6) is 0 Å². The minimum atomic E-state index is -3.53. The van der Waals surface area contributed by atoms with Crippen LogP contribution in [-0.4, -0.2) is 21.0 Å². The Kier molecular flexibility index (Phi) is 5.30. The molecule has 1 unspecified atom stereocenters. The lowest BCUT2D eigenvalue weighted by Crippen LogP contribution is -2.34. The third kappa shape index (κ3) is 4.19. The summed E-state index contributed by atoms with van der Waals surface area (Å²) in [4.78, 5) is 0.287. The fourth-order valence-corrected chi connectivity index (χ4v) is 4.36. The smallest absolute Gasteiger partial charge is 0.241 e. The minimum Gasteiger partial charge on any atom is -0.313 e. The summed E-state index contributed by atoms with van der Waals surface area (Å²) in [5.74, 6) is 0.473. The van der Waals surface area contributed by atoms with Crippen LogP contribution in [0.25, 0.3) is 0 Å². The van der Waals surface area contributed by atoms with E-state index in [0.717, 1.165) is 30.5 Å². The highest BCUT2D eigenvalue weighted by atomic mass is 35.5. The first kappa shape index (κ1) is 16.7. The molecule has 0 aromatic heterocycles. The molecule has 0 heterocycles. The van der Waals surface area contributed by atoms with E-state index in [1.165, 1.54) is 6.07 Å². The van der Waals surface area contributed by atoms with Crippen molar-refractivity contribution in [3.05, 3.63) is 28.3 Å².